The van der Waals surface area contributed by atoms with Crippen molar-refractivity contribution in [3.63, 3.8) is 0 Å². The molecule has 0 atom stereocenters. The molecular weight excluding hydrogens is 212 g/mol. The van der Waals surface area contributed by atoms with E-state index in [2.05, 4.69) is 4.98 Å². The molecule has 0 aliphatic carbocycles. The van der Waals surface area contributed by atoms with Crippen LogP contribution in [-0.4, -0.2) is 13.4 Å². The highest BCUT2D eigenvalue weighted by Crippen LogP contribution is 2.12. The smallest absolute Gasteiger partial charge is 0.213 e. The fourth-order valence-electron chi connectivity index (χ4n) is 0.929. The fourth-order valence-corrected chi connectivity index (χ4v) is 1.86. The standard InChI is InChI=1S/C7H9ClN2O2S/c1-5-6(4-13(9,11)12)2-3-7(8)10-5/h2-3H,4H2,1H3,(H2,9,11,12). The van der Waals surface area contributed by atoms with Gasteiger partial charge in [0.1, 0.15) is 5.15 Å². The minimum Gasteiger partial charge on any atom is -0.241 e. The van der Waals surface area contributed by atoms with Crippen LogP contribution < -0.4 is 5.14 Å². The van der Waals surface area contributed by atoms with Gasteiger partial charge in [0, 0.05) is 5.69 Å². The van der Waals surface area contributed by atoms with Gasteiger partial charge in [-0.2, -0.15) is 0 Å². The first-order valence-corrected chi connectivity index (χ1v) is 5.60. The molecule has 1 heterocycles. The predicted molar refractivity (Wildman–Crippen MR) is 50.8 cm³/mol. The molecule has 6 heteroatoms. The van der Waals surface area contributed by atoms with Crippen LogP contribution in [0.15, 0.2) is 12.1 Å². The van der Waals surface area contributed by atoms with Crippen molar-refractivity contribution in [3.8, 4) is 0 Å². The van der Waals surface area contributed by atoms with E-state index in [0.717, 1.165) is 0 Å². The lowest BCUT2D eigenvalue weighted by molar-refractivity contribution is 0.596. The zero-order valence-corrected chi connectivity index (χ0v) is 8.56. The molecule has 0 spiro atoms. The van der Waals surface area contributed by atoms with Gasteiger partial charge in [0.25, 0.3) is 0 Å². The van der Waals surface area contributed by atoms with Crippen LogP contribution in [-0.2, 0) is 15.8 Å². The summed E-state index contributed by atoms with van der Waals surface area (Å²) < 4.78 is 21.5. The number of aromatic nitrogens is 1. The molecule has 0 bridgehead atoms. The lowest BCUT2D eigenvalue weighted by Gasteiger charge is -2.02. The van der Waals surface area contributed by atoms with Gasteiger partial charge in [-0.05, 0) is 18.6 Å². The lowest BCUT2D eigenvalue weighted by atomic mass is 10.2. The molecule has 0 aromatic carbocycles. The van der Waals surface area contributed by atoms with E-state index < -0.39 is 10.0 Å². The van der Waals surface area contributed by atoms with Crippen LogP contribution in [0.25, 0.3) is 0 Å². The molecule has 0 amide bonds. The van der Waals surface area contributed by atoms with Crippen molar-refractivity contribution < 1.29 is 8.42 Å². The van der Waals surface area contributed by atoms with Gasteiger partial charge in [0.05, 0.1) is 5.75 Å². The predicted octanol–water partition coefficient (Wildman–Crippen LogP) is 0.832. The third-order valence-corrected chi connectivity index (χ3v) is 2.44. The van der Waals surface area contributed by atoms with E-state index in [-0.39, 0.29) is 5.75 Å². The van der Waals surface area contributed by atoms with E-state index >= 15 is 0 Å². The normalized spacial score (nSPS) is 11.6. The summed E-state index contributed by atoms with van der Waals surface area (Å²) in [4.78, 5) is 3.90. The molecule has 0 fully saturated rings. The summed E-state index contributed by atoms with van der Waals surface area (Å²) in [6, 6.07) is 3.14. The van der Waals surface area contributed by atoms with Crippen LogP contribution in [0.3, 0.4) is 0 Å². The van der Waals surface area contributed by atoms with Crippen molar-refractivity contribution in [2.45, 2.75) is 12.7 Å². The topological polar surface area (TPSA) is 73.0 Å². The molecule has 0 unspecified atom stereocenters. The largest absolute Gasteiger partial charge is 0.241 e. The molecule has 2 N–H and O–H groups in total. The molecule has 0 aliphatic heterocycles. The van der Waals surface area contributed by atoms with Crippen LogP contribution in [0.5, 0.6) is 0 Å². The molecule has 1 aromatic heterocycles. The number of nitrogens with zero attached hydrogens (tertiary/aromatic N) is 1. The summed E-state index contributed by atoms with van der Waals surface area (Å²) in [6.07, 6.45) is 0. The Labute approximate surface area is 81.8 Å². The molecule has 4 nitrogen and oxygen atoms in total. The highest BCUT2D eigenvalue weighted by molar-refractivity contribution is 7.88. The van der Waals surface area contributed by atoms with Gasteiger partial charge in [-0.15, -0.1) is 0 Å². The SMILES string of the molecule is Cc1nc(Cl)ccc1CS(N)(=O)=O. The van der Waals surface area contributed by atoms with Gasteiger partial charge in [-0.1, -0.05) is 17.7 Å². The van der Waals surface area contributed by atoms with Crippen molar-refractivity contribution in [2.75, 3.05) is 0 Å². The molecule has 1 aromatic rings. The van der Waals surface area contributed by atoms with Crippen molar-refractivity contribution in [1.82, 2.24) is 4.98 Å². The average molecular weight is 221 g/mol. The Kier molecular flexibility index (Phi) is 2.90. The third kappa shape index (κ3) is 3.30. The summed E-state index contributed by atoms with van der Waals surface area (Å²) in [5, 5.41) is 5.23. The number of pyridine rings is 1. The Bertz CT molecular complexity index is 417. The minimum atomic E-state index is -3.50. The first-order chi connectivity index (χ1) is 5.88. The van der Waals surface area contributed by atoms with Crippen LogP contribution in [0, 0.1) is 6.92 Å². The van der Waals surface area contributed by atoms with Gasteiger partial charge in [0.2, 0.25) is 10.0 Å². The van der Waals surface area contributed by atoms with Crippen LogP contribution >= 0.6 is 11.6 Å². The van der Waals surface area contributed by atoms with Gasteiger partial charge in [-0.3, -0.25) is 0 Å². The molecule has 0 aliphatic rings. The second kappa shape index (κ2) is 3.61. The van der Waals surface area contributed by atoms with Gasteiger partial charge >= 0.3 is 0 Å². The maximum atomic E-state index is 10.8. The lowest BCUT2D eigenvalue weighted by Crippen LogP contribution is -2.15. The first-order valence-electron chi connectivity index (χ1n) is 3.51. The van der Waals surface area contributed by atoms with E-state index in [1.807, 2.05) is 0 Å². The van der Waals surface area contributed by atoms with Crippen LogP contribution in [0.2, 0.25) is 5.15 Å². The second-order valence-corrected chi connectivity index (χ2v) is 4.69. The molecule has 0 radical (unpaired) electrons. The van der Waals surface area contributed by atoms with Gasteiger partial charge in [0.15, 0.2) is 0 Å². The number of hydrogen-bond acceptors (Lipinski definition) is 3. The van der Waals surface area contributed by atoms with Crippen LogP contribution in [0.4, 0.5) is 0 Å². The highest BCUT2D eigenvalue weighted by Gasteiger charge is 2.08. The number of primary sulfonamides is 1. The number of hydrogen-bond donors (Lipinski definition) is 1. The van der Waals surface area contributed by atoms with Crippen molar-refractivity contribution in [3.05, 3.63) is 28.5 Å². The average Bonchev–Trinajstić information content (AvgIpc) is 1.93. The Morgan fingerprint density at radius 1 is 1.54 bits per heavy atom. The summed E-state index contributed by atoms with van der Waals surface area (Å²) >= 11 is 5.60. The van der Waals surface area contributed by atoms with Crippen molar-refractivity contribution >= 4 is 21.6 Å². The Morgan fingerprint density at radius 3 is 2.62 bits per heavy atom. The zero-order valence-electron chi connectivity index (χ0n) is 6.99. The van der Waals surface area contributed by atoms with Crippen molar-refractivity contribution in [1.29, 1.82) is 0 Å². The molecular formula is C7H9ClN2O2S. The molecule has 0 saturated heterocycles. The number of rotatable bonds is 2. The molecule has 13 heavy (non-hydrogen) atoms. The first kappa shape index (κ1) is 10.4. The fraction of sp³-hybridized carbons (Fsp3) is 0.286. The maximum Gasteiger partial charge on any atom is 0.213 e. The highest BCUT2D eigenvalue weighted by atomic mass is 35.5. The molecule has 1 rings (SSSR count). The summed E-state index contributed by atoms with van der Waals surface area (Å²) in [5.41, 5.74) is 1.16. The quantitative estimate of drug-likeness (QED) is 0.751. The maximum absolute atomic E-state index is 10.8. The Hall–Kier alpha value is -0.650. The van der Waals surface area contributed by atoms with E-state index in [1.54, 1.807) is 13.0 Å². The second-order valence-electron chi connectivity index (χ2n) is 2.69. The van der Waals surface area contributed by atoms with E-state index in [4.69, 9.17) is 16.7 Å². The number of aryl methyl sites for hydroxylation is 1. The Balaban J connectivity index is 3.04. The summed E-state index contributed by atoms with van der Waals surface area (Å²) in [7, 11) is -3.50. The van der Waals surface area contributed by atoms with Crippen LogP contribution in [0.1, 0.15) is 11.3 Å². The van der Waals surface area contributed by atoms with Gasteiger partial charge in [-0.25, -0.2) is 18.5 Å². The van der Waals surface area contributed by atoms with Crippen molar-refractivity contribution in [2.24, 2.45) is 5.14 Å². The number of sulfonamides is 1. The summed E-state index contributed by atoms with van der Waals surface area (Å²) in [5.74, 6) is -0.205. The zero-order chi connectivity index (χ0) is 10.1. The van der Waals surface area contributed by atoms with E-state index in [1.165, 1.54) is 6.07 Å². The Morgan fingerprint density at radius 2 is 2.15 bits per heavy atom. The minimum absolute atomic E-state index is 0.205. The molecule has 0 saturated carbocycles. The monoisotopic (exact) mass is 220 g/mol. The van der Waals surface area contributed by atoms with Gasteiger partial charge < -0.3 is 0 Å². The third-order valence-electron chi connectivity index (χ3n) is 1.52. The number of nitrogens with two attached hydrogens (primary N) is 1. The number of halogens is 1. The van der Waals surface area contributed by atoms with E-state index in [0.29, 0.717) is 16.4 Å². The molecule has 72 valence electrons. The van der Waals surface area contributed by atoms with E-state index in [9.17, 15) is 8.42 Å². The summed E-state index contributed by atoms with van der Waals surface area (Å²) in [6.45, 7) is 1.69.